The van der Waals surface area contributed by atoms with E-state index in [1.54, 1.807) is 0 Å². The van der Waals surface area contributed by atoms with E-state index in [2.05, 4.69) is 20.8 Å². The lowest BCUT2D eigenvalue weighted by Crippen LogP contribution is -2.32. The highest BCUT2D eigenvalue weighted by molar-refractivity contribution is 4.98. The van der Waals surface area contributed by atoms with Crippen LogP contribution in [0.4, 0.5) is 0 Å². The number of rotatable bonds is 3. The van der Waals surface area contributed by atoms with Gasteiger partial charge in [0.15, 0.2) is 0 Å². The molecule has 2 aliphatic rings. The molecule has 2 N–H and O–H groups in total. The number of hydrogen-bond donors (Lipinski definition) is 2. The van der Waals surface area contributed by atoms with E-state index in [-0.39, 0.29) is 0 Å². The van der Waals surface area contributed by atoms with Crippen LogP contribution >= 0.6 is 0 Å². The van der Waals surface area contributed by atoms with Crippen molar-refractivity contribution >= 4 is 0 Å². The highest BCUT2D eigenvalue weighted by Gasteiger charge is 2.46. The van der Waals surface area contributed by atoms with Crippen LogP contribution in [0.3, 0.4) is 0 Å². The molecule has 17 heavy (non-hydrogen) atoms. The molecule has 2 aliphatic carbocycles. The standard InChI is InChI=1S/C15H28O2/c1-4-14(16)7-5-12(9-14)13-6-8-15(17,10-13)11(2)3/h11-13,16-17H,4-10H2,1-3H3. The molecule has 0 spiro atoms. The molecule has 0 heterocycles. The lowest BCUT2D eigenvalue weighted by molar-refractivity contribution is -0.00597. The van der Waals surface area contributed by atoms with E-state index in [4.69, 9.17) is 0 Å². The quantitative estimate of drug-likeness (QED) is 0.795. The fourth-order valence-corrected chi connectivity index (χ4v) is 3.89. The smallest absolute Gasteiger partial charge is 0.0673 e. The second-order valence-corrected chi connectivity index (χ2v) is 6.84. The summed E-state index contributed by atoms with van der Waals surface area (Å²) in [6, 6.07) is 0. The molecular weight excluding hydrogens is 212 g/mol. The second-order valence-electron chi connectivity index (χ2n) is 6.84. The second kappa shape index (κ2) is 4.55. The van der Waals surface area contributed by atoms with Gasteiger partial charge in [-0.25, -0.2) is 0 Å². The molecule has 4 unspecified atom stereocenters. The molecule has 100 valence electrons. The van der Waals surface area contributed by atoms with Gasteiger partial charge in [0.25, 0.3) is 0 Å². The predicted octanol–water partition coefficient (Wildman–Crippen LogP) is 3.11. The Morgan fingerprint density at radius 3 is 2.12 bits per heavy atom. The minimum Gasteiger partial charge on any atom is -0.390 e. The van der Waals surface area contributed by atoms with Crippen LogP contribution in [-0.2, 0) is 0 Å². The fourth-order valence-electron chi connectivity index (χ4n) is 3.89. The van der Waals surface area contributed by atoms with Gasteiger partial charge in [-0.2, -0.15) is 0 Å². The Morgan fingerprint density at radius 1 is 1.06 bits per heavy atom. The molecular formula is C15H28O2. The number of aliphatic hydroxyl groups is 2. The normalized spacial score (nSPS) is 46.9. The van der Waals surface area contributed by atoms with Gasteiger partial charge in [0.2, 0.25) is 0 Å². The van der Waals surface area contributed by atoms with E-state index in [0.29, 0.717) is 17.8 Å². The van der Waals surface area contributed by atoms with E-state index in [9.17, 15) is 10.2 Å². The highest BCUT2D eigenvalue weighted by atomic mass is 16.3. The first-order chi connectivity index (χ1) is 7.88. The molecule has 0 aromatic heterocycles. The molecule has 2 saturated carbocycles. The summed E-state index contributed by atoms with van der Waals surface area (Å²) in [4.78, 5) is 0. The fraction of sp³-hybridized carbons (Fsp3) is 1.00. The van der Waals surface area contributed by atoms with E-state index in [1.807, 2.05) is 0 Å². The van der Waals surface area contributed by atoms with Gasteiger partial charge >= 0.3 is 0 Å². The molecule has 0 bridgehead atoms. The zero-order valence-corrected chi connectivity index (χ0v) is 11.6. The minimum absolute atomic E-state index is 0.360. The summed E-state index contributed by atoms with van der Waals surface area (Å²) < 4.78 is 0. The van der Waals surface area contributed by atoms with Crippen molar-refractivity contribution in [3.05, 3.63) is 0 Å². The van der Waals surface area contributed by atoms with Crippen molar-refractivity contribution in [2.75, 3.05) is 0 Å². The summed E-state index contributed by atoms with van der Waals surface area (Å²) in [5.74, 6) is 1.65. The maximum Gasteiger partial charge on any atom is 0.0673 e. The molecule has 0 aromatic carbocycles. The molecule has 2 nitrogen and oxygen atoms in total. The third-order valence-corrected chi connectivity index (χ3v) is 5.59. The van der Waals surface area contributed by atoms with E-state index >= 15 is 0 Å². The predicted molar refractivity (Wildman–Crippen MR) is 69.7 cm³/mol. The lowest BCUT2D eigenvalue weighted by Gasteiger charge is -2.29. The van der Waals surface area contributed by atoms with Crippen molar-refractivity contribution in [3.8, 4) is 0 Å². The Morgan fingerprint density at radius 2 is 1.65 bits per heavy atom. The Balaban J connectivity index is 1.94. The van der Waals surface area contributed by atoms with Crippen molar-refractivity contribution < 1.29 is 10.2 Å². The van der Waals surface area contributed by atoms with Crippen LogP contribution in [0, 0.1) is 17.8 Å². The first kappa shape index (κ1) is 13.4. The van der Waals surface area contributed by atoms with Crippen LogP contribution in [0.15, 0.2) is 0 Å². The maximum atomic E-state index is 10.5. The van der Waals surface area contributed by atoms with Gasteiger partial charge in [-0.1, -0.05) is 20.8 Å². The Kier molecular flexibility index (Phi) is 3.57. The molecule has 4 atom stereocenters. The zero-order valence-electron chi connectivity index (χ0n) is 11.6. The Bertz CT molecular complexity index is 276. The van der Waals surface area contributed by atoms with E-state index in [1.165, 1.54) is 0 Å². The van der Waals surface area contributed by atoms with Gasteiger partial charge in [0, 0.05) is 0 Å². The van der Waals surface area contributed by atoms with Gasteiger partial charge in [-0.05, 0) is 62.7 Å². The summed E-state index contributed by atoms with van der Waals surface area (Å²) in [6.07, 6.45) is 7.02. The zero-order chi connectivity index (χ0) is 12.7. The van der Waals surface area contributed by atoms with Crippen molar-refractivity contribution in [1.29, 1.82) is 0 Å². The Labute approximate surface area is 105 Å². The van der Waals surface area contributed by atoms with Gasteiger partial charge in [-0.15, -0.1) is 0 Å². The third kappa shape index (κ3) is 2.53. The first-order valence-electron chi connectivity index (χ1n) is 7.33. The molecule has 0 radical (unpaired) electrons. The maximum absolute atomic E-state index is 10.5. The monoisotopic (exact) mass is 240 g/mol. The van der Waals surface area contributed by atoms with E-state index < -0.39 is 11.2 Å². The molecule has 2 fully saturated rings. The molecule has 0 saturated heterocycles. The van der Waals surface area contributed by atoms with Gasteiger partial charge in [0.1, 0.15) is 0 Å². The first-order valence-corrected chi connectivity index (χ1v) is 7.33. The minimum atomic E-state index is -0.433. The molecule has 2 rings (SSSR count). The Hall–Kier alpha value is -0.0800. The summed E-state index contributed by atoms with van der Waals surface area (Å²) in [6.45, 7) is 6.33. The van der Waals surface area contributed by atoms with E-state index in [0.717, 1.165) is 44.9 Å². The summed E-state index contributed by atoms with van der Waals surface area (Å²) >= 11 is 0. The summed E-state index contributed by atoms with van der Waals surface area (Å²) in [7, 11) is 0. The van der Waals surface area contributed by atoms with Crippen LogP contribution in [-0.4, -0.2) is 21.4 Å². The van der Waals surface area contributed by atoms with Gasteiger partial charge < -0.3 is 10.2 Å². The summed E-state index contributed by atoms with van der Waals surface area (Å²) in [5, 5.41) is 20.8. The molecule has 2 heteroatoms. The molecule has 0 aromatic rings. The van der Waals surface area contributed by atoms with Crippen molar-refractivity contribution in [2.24, 2.45) is 17.8 Å². The van der Waals surface area contributed by atoms with Crippen LogP contribution < -0.4 is 0 Å². The topological polar surface area (TPSA) is 40.5 Å². The lowest BCUT2D eigenvalue weighted by atomic mass is 9.83. The SMILES string of the molecule is CCC1(O)CCC(C2CCC(O)(C(C)C)C2)C1. The average Bonchev–Trinajstić information content (AvgIpc) is 2.84. The van der Waals surface area contributed by atoms with Crippen LogP contribution in [0.2, 0.25) is 0 Å². The van der Waals surface area contributed by atoms with Crippen LogP contribution in [0.1, 0.15) is 65.7 Å². The third-order valence-electron chi connectivity index (χ3n) is 5.59. The van der Waals surface area contributed by atoms with Crippen molar-refractivity contribution in [2.45, 2.75) is 76.9 Å². The largest absolute Gasteiger partial charge is 0.390 e. The molecule has 0 amide bonds. The highest BCUT2D eigenvalue weighted by Crippen LogP contribution is 2.49. The van der Waals surface area contributed by atoms with Crippen molar-refractivity contribution in [3.63, 3.8) is 0 Å². The molecule has 0 aliphatic heterocycles. The van der Waals surface area contributed by atoms with Crippen LogP contribution in [0.25, 0.3) is 0 Å². The average molecular weight is 240 g/mol. The van der Waals surface area contributed by atoms with Crippen LogP contribution in [0.5, 0.6) is 0 Å². The number of hydrogen-bond acceptors (Lipinski definition) is 2. The van der Waals surface area contributed by atoms with Crippen molar-refractivity contribution in [1.82, 2.24) is 0 Å². The summed E-state index contributed by atoms with van der Waals surface area (Å²) in [5.41, 5.74) is -0.833. The van der Waals surface area contributed by atoms with Gasteiger partial charge in [0.05, 0.1) is 11.2 Å². The van der Waals surface area contributed by atoms with Gasteiger partial charge in [-0.3, -0.25) is 0 Å².